The lowest BCUT2D eigenvalue weighted by Gasteiger charge is -2.37. The van der Waals surface area contributed by atoms with Gasteiger partial charge in [0.05, 0.1) is 34.1 Å². The Morgan fingerprint density at radius 1 is 1.23 bits per heavy atom. The molecule has 43 heavy (non-hydrogen) atoms. The fourth-order valence-corrected chi connectivity index (χ4v) is 6.74. The molecule has 15 heteroatoms. The third-order valence-electron chi connectivity index (χ3n) is 7.35. The van der Waals surface area contributed by atoms with E-state index in [0.29, 0.717) is 37.0 Å². The summed E-state index contributed by atoms with van der Waals surface area (Å²) in [6.07, 6.45) is 0.541. The number of nitrogens with zero attached hydrogens (tertiary/aromatic N) is 6. The van der Waals surface area contributed by atoms with Gasteiger partial charge in [-0.25, -0.2) is 14.8 Å². The topological polar surface area (TPSA) is 146 Å². The molecule has 2 aliphatic heterocycles. The Morgan fingerprint density at radius 3 is 2.72 bits per heavy atom. The number of halogens is 3. The third kappa shape index (κ3) is 6.30. The number of thiophene rings is 1. The Bertz CT molecular complexity index is 1820. The van der Waals surface area contributed by atoms with Crippen LogP contribution in [0.3, 0.4) is 0 Å². The van der Waals surface area contributed by atoms with E-state index in [1.165, 1.54) is 17.7 Å². The van der Waals surface area contributed by atoms with Crippen LogP contribution in [-0.4, -0.2) is 62.5 Å². The summed E-state index contributed by atoms with van der Waals surface area (Å²) in [6.45, 7) is 0.772. The van der Waals surface area contributed by atoms with Crippen LogP contribution in [0, 0.1) is 11.3 Å². The molecule has 6 rings (SSSR count). The number of fused-ring (bicyclic) bond motifs is 2. The van der Waals surface area contributed by atoms with Gasteiger partial charge in [-0.1, -0.05) is 0 Å². The molecule has 0 bridgehead atoms. The summed E-state index contributed by atoms with van der Waals surface area (Å²) < 4.78 is 40.8. The van der Waals surface area contributed by atoms with Crippen molar-refractivity contribution >= 4 is 33.7 Å². The van der Waals surface area contributed by atoms with Gasteiger partial charge in [0.1, 0.15) is 12.9 Å². The summed E-state index contributed by atoms with van der Waals surface area (Å²) in [6, 6.07) is 9.06. The molecule has 0 amide bonds. The van der Waals surface area contributed by atoms with Crippen molar-refractivity contribution in [3.8, 4) is 17.3 Å². The summed E-state index contributed by atoms with van der Waals surface area (Å²) in [5, 5.41) is 20.1. The maximum atomic E-state index is 12.9. The first kappa shape index (κ1) is 29.9. The normalized spacial score (nSPS) is 16.3. The van der Waals surface area contributed by atoms with Crippen molar-refractivity contribution in [3.05, 3.63) is 73.6 Å². The first-order chi connectivity index (χ1) is 20.6. The molecule has 0 radical (unpaired) electrons. The van der Waals surface area contributed by atoms with Crippen molar-refractivity contribution in [1.82, 2.24) is 24.4 Å². The molecule has 1 atom stereocenters. The Morgan fingerprint density at radius 2 is 2.02 bits per heavy atom. The van der Waals surface area contributed by atoms with E-state index in [1.807, 2.05) is 12.1 Å². The predicted molar refractivity (Wildman–Crippen MR) is 153 cm³/mol. The summed E-state index contributed by atoms with van der Waals surface area (Å²) in [5.74, 6) is 0. The molecule has 2 N–H and O–H groups in total. The summed E-state index contributed by atoms with van der Waals surface area (Å²) in [5.41, 5.74) is 3.01. The van der Waals surface area contributed by atoms with Crippen LogP contribution in [0.1, 0.15) is 28.8 Å². The van der Waals surface area contributed by atoms with E-state index in [-0.39, 0.29) is 13.0 Å². The second-order valence-electron chi connectivity index (χ2n) is 10.1. The number of hydrogen-bond donors (Lipinski definition) is 2. The summed E-state index contributed by atoms with van der Waals surface area (Å²) in [4.78, 5) is 45.5. The quantitative estimate of drug-likeness (QED) is 0.325. The van der Waals surface area contributed by atoms with Crippen molar-refractivity contribution < 1.29 is 23.1 Å². The molecule has 224 valence electrons. The molecular weight excluding hydrogens is 587 g/mol. The van der Waals surface area contributed by atoms with E-state index < -0.39 is 24.0 Å². The predicted octanol–water partition coefficient (Wildman–Crippen LogP) is 2.98. The summed E-state index contributed by atoms with van der Waals surface area (Å²) >= 11 is 1.28. The summed E-state index contributed by atoms with van der Waals surface area (Å²) in [7, 11) is 0. The van der Waals surface area contributed by atoms with Crippen LogP contribution in [-0.2, 0) is 24.3 Å². The molecule has 0 unspecified atom stereocenters. The number of carbonyl (C=O) groups is 1. The molecular formula is C28H26F3N7O4S. The molecule has 11 nitrogen and oxygen atoms in total. The number of nitrogens with one attached hydrogen (secondary N) is 1. The highest BCUT2D eigenvalue weighted by Crippen LogP contribution is 2.43. The lowest BCUT2D eigenvalue weighted by molar-refractivity contribution is -0.141. The molecule has 3 aromatic heterocycles. The first-order valence-corrected chi connectivity index (χ1v) is 14.2. The van der Waals surface area contributed by atoms with Gasteiger partial charge in [0.2, 0.25) is 0 Å². The van der Waals surface area contributed by atoms with E-state index in [2.05, 4.69) is 26.3 Å². The van der Waals surface area contributed by atoms with Crippen LogP contribution >= 0.6 is 11.3 Å². The number of rotatable bonds is 5. The largest absolute Gasteiger partial charge is 0.483 e. The fourth-order valence-electron chi connectivity index (χ4n) is 5.64. The van der Waals surface area contributed by atoms with Crippen molar-refractivity contribution in [1.29, 1.82) is 5.26 Å². The first-order valence-electron chi connectivity index (χ1n) is 13.4. The number of aromatic nitrogens is 4. The third-order valence-corrected chi connectivity index (χ3v) is 8.46. The molecule has 4 aromatic rings. The molecule has 0 aliphatic carbocycles. The van der Waals surface area contributed by atoms with E-state index in [1.54, 1.807) is 6.07 Å². The Labute approximate surface area is 246 Å². The minimum atomic E-state index is -4.60. The van der Waals surface area contributed by atoms with Crippen LogP contribution < -0.4 is 21.5 Å². The number of benzene rings is 1. The number of aryl methyl sites for hydroxylation is 1. The van der Waals surface area contributed by atoms with Gasteiger partial charge in [-0.3, -0.25) is 18.7 Å². The van der Waals surface area contributed by atoms with Gasteiger partial charge < -0.3 is 15.3 Å². The minimum Gasteiger partial charge on any atom is -0.483 e. The second kappa shape index (κ2) is 12.4. The van der Waals surface area contributed by atoms with Gasteiger partial charge in [-0.05, 0) is 49.6 Å². The van der Waals surface area contributed by atoms with Crippen molar-refractivity contribution in [2.45, 2.75) is 44.6 Å². The van der Waals surface area contributed by atoms with Gasteiger partial charge in [0, 0.05) is 47.5 Å². The molecule has 1 fully saturated rings. The average Bonchev–Trinajstić information content (AvgIpc) is 3.66. The lowest BCUT2D eigenvalue weighted by atomic mass is 9.92. The molecule has 1 aromatic carbocycles. The van der Waals surface area contributed by atoms with Gasteiger partial charge in [-0.15, -0.1) is 11.3 Å². The SMILES string of the molecule is N#Cc1cc2c(c(-c3ncnc4cc(Cn5c(=O)ccn(CC(F)(F)F)c5=O)sc34)c1)N([C@@H]1CCNC1)CCC2.O=CO. The highest BCUT2D eigenvalue weighted by molar-refractivity contribution is 7.19. The van der Waals surface area contributed by atoms with E-state index in [4.69, 9.17) is 9.90 Å². The van der Waals surface area contributed by atoms with Crippen molar-refractivity contribution in [2.24, 2.45) is 0 Å². The van der Waals surface area contributed by atoms with Crippen LogP contribution in [0.25, 0.3) is 21.5 Å². The van der Waals surface area contributed by atoms with E-state index in [9.17, 15) is 28.0 Å². The zero-order valence-corrected chi connectivity index (χ0v) is 23.5. The van der Waals surface area contributed by atoms with Crippen LogP contribution in [0.15, 0.2) is 46.4 Å². The standard InChI is InChI=1S/C27H24F3N7O2S.CH2O2/c28-27(29,30)14-35-7-4-22(38)37(26(35)39)13-19-10-21-25(40-19)23(34-15-33-21)20-9-16(11-31)8-17-2-1-6-36(24(17)20)18-3-5-32-12-18;2-1-3/h4,7-10,15,18,32H,1-3,5-6,12-14H2;1H,(H,2,3)/t18-;/m1./s1. The Kier molecular flexibility index (Phi) is 8.60. The zero-order valence-electron chi connectivity index (χ0n) is 22.7. The van der Waals surface area contributed by atoms with Crippen molar-refractivity contribution in [2.75, 3.05) is 24.5 Å². The number of anilines is 1. The van der Waals surface area contributed by atoms with E-state index >= 15 is 0 Å². The van der Waals surface area contributed by atoms with Crippen LogP contribution in [0.2, 0.25) is 0 Å². The average molecular weight is 614 g/mol. The highest BCUT2D eigenvalue weighted by Gasteiger charge is 2.31. The second-order valence-corrected chi connectivity index (χ2v) is 11.2. The molecule has 2 aliphatic rings. The smallest absolute Gasteiger partial charge is 0.406 e. The Balaban J connectivity index is 0.00000118. The van der Waals surface area contributed by atoms with Crippen molar-refractivity contribution in [3.63, 3.8) is 0 Å². The monoisotopic (exact) mass is 613 g/mol. The maximum Gasteiger partial charge on any atom is 0.406 e. The van der Waals surface area contributed by atoms with Gasteiger partial charge in [0.25, 0.3) is 12.0 Å². The van der Waals surface area contributed by atoms with Crippen LogP contribution in [0.5, 0.6) is 0 Å². The number of nitriles is 1. The van der Waals surface area contributed by atoms with Gasteiger partial charge in [0.15, 0.2) is 0 Å². The molecule has 5 heterocycles. The van der Waals surface area contributed by atoms with E-state index in [0.717, 1.165) is 72.5 Å². The Hall–Kier alpha value is -4.55. The molecule has 1 saturated heterocycles. The zero-order chi connectivity index (χ0) is 30.7. The highest BCUT2D eigenvalue weighted by atomic mass is 32.1. The number of alkyl halides is 3. The number of carboxylic acid groups (broad SMARTS) is 1. The van der Waals surface area contributed by atoms with Crippen LogP contribution in [0.4, 0.5) is 18.9 Å². The molecule has 0 saturated carbocycles. The lowest BCUT2D eigenvalue weighted by Crippen LogP contribution is -2.41. The number of hydrogen-bond acceptors (Lipinski definition) is 9. The minimum absolute atomic E-state index is 0.201. The van der Waals surface area contributed by atoms with Gasteiger partial charge >= 0.3 is 11.9 Å². The fraction of sp³-hybridized carbons (Fsp3) is 0.357. The molecule has 0 spiro atoms. The van der Waals surface area contributed by atoms with Gasteiger partial charge in [-0.2, -0.15) is 18.4 Å². The maximum absolute atomic E-state index is 12.9.